The number of carbonyl (C=O) groups excluding carboxylic acids is 1. The fourth-order valence-electron chi connectivity index (χ4n) is 1.48. The van der Waals surface area contributed by atoms with Crippen LogP contribution in [0.1, 0.15) is 38.6 Å². The molecular weight excluding hydrogens is 262 g/mol. The summed E-state index contributed by atoms with van der Waals surface area (Å²) < 4.78 is 10.3. The Morgan fingerprint density at radius 3 is 3.00 bits per heavy atom. The van der Waals surface area contributed by atoms with Crippen molar-refractivity contribution in [1.29, 1.82) is 0 Å². The van der Waals surface area contributed by atoms with Crippen molar-refractivity contribution in [2.45, 2.75) is 45.8 Å². The molecule has 0 bridgehead atoms. The van der Waals surface area contributed by atoms with Gasteiger partial charge < -0.3 is 14.5 Å². The summed E-state index contributed by atoms with van der Waals surface area (Å²) in [6.45, 7) is 6.06. The molecule has 1 rings (SSSR count). The minimum absolute atomic E-state index is 0.168. The predicted molar refractivity (Wildman–Crippen MR) is 71.9 cm³/mol. The molecule has 8 heteroatoms. The van der Waals surface area contributed by atoms with Crippen LogP contribution in [-0.2, 0) is 17.7 Å². The van der Waals surface area contributed by atoms with E-state index in [1.807, 2.05) is 20.8 Å². The summed E-state index contributed by atoms with van der Waals surface area (Å²) in [5.41, 5.74) is 8.39. The number of alkyl carbamates (subject to hydrolysis) is 1. The van der Waals surface area contributed by atoms with Gasteiger partial charge in [-0.3, -0.25) is 0 Å². The van der Waals surface area contributed by atoms with E-state index in [-0.39, 0.29) is 6.54 Å². The Labute approximate surface area is 117 Å². The number of nitrogens with zero attached hydrogens (tertiary/aromatic N) is 4. The first kappa shape index (κ1) is 15.8. The van der Waals surface area contributed by atoms with E-state index in [0.717, 1.165) is 0 Å². The summed E-state index contributed by atoms with van der Waals surface area (Å²) in [5.74, 6) is 0.670. The Morgan fingerprint density at radius 1 is 1.60 bits per heavy atom. The molecule has 0 spiro atoms. The second-order valence-corrected chi connectivity index (χ2v) is 5.14. The van der Waals surface area contributed by atoms with Crippen LogP contribution >= 0.6 is 0 Å². The number of azide groups is 1. The van der Waals surface area contributed by atoms with Crippen LogP contribution in [0.25, 0.3) is 10.4 Å². The maximum atomic E-state index is 11.4. The molecular formula is C12H19N5O3. The van der Waals surface area contributed by atoms with Gasteiger partial charge in [0.15, 0.2) is 6.39 Å². The summed E-state index contributed by atoms with van der Waals surface area (Å²) in [6.07, 6.45) is 2.16. The largest absolute Gasteiger partial charge is 0.448 e. The van der Waals surface area contributed by atoms with Crippen LogP contribution in [0.3, 0.4) is 0 Å². The lowest BCUT2D eigenvalue weighted by Crippen LogP contribution is -2.33. The van der Waals surface area contributed by atoms with Gasteiger partial charge in [0.2, 0.25) is 0 Å². The SMILES string of the molecule is CC(C)(C)OC(=O)NCCCc1ocnc1CN=[N+]=[N-]. The van der Waals surface area contributed by atoms with Crippen molar-refractivity contribution in [3.05, 3.63) is 28.3 Å². The third kappa shape index (κ3) is 6.10. The van der Waals surface area contributed by atoms with Gasteiger partial charge in [-0.15, -0.1) is 0 Å². The normalized spacial score (nSPS) is 10.8. The van der Waals surface area contributed by atoms with Gasteiger partial charge in [-0.2, -0.15) is 0 Å². The second-order valence-electron chi connectivity index (χ2n) is 5.14. The molecule has 20 heavy (non-hydrogen) atoms. The molecule has 0 aliphatic heterocycles. The van der Waals surface area contributed by atoms with Crippen molar-refractivity contribution in [3.8, 4) is 0 Å². The molecule has 0 unspecified atom stereocenters. The van der Waals surface area contributed by atoms with Gasteiger partial charge in [-0.05, 0) is 32.7 Å². The summed E-state index contributed by atoms with van der Waals surface area (Å²) in [7, 11) is 0. The van der Waals surface area contributed by atoms with E-state index in [1.165, 1.54) is 6.39 Å². The zero-order chi connectivity index (χ0) is 15.0. The van der Waals surface area contributed by atoms with Gasteiger partial charge in [0.05, 0.1) is 12.2 Å². The van der Waals surface area contributed by atoms with Crippen molar-refractivity contribution in [2.75, 3.05) is 6.54 Å². The Morgan fingerprint density at radius 2 is 2.35 bits per heavy atom. The lowest BCUT2D eigenvalue weighted by Gasteiger charge is -2.19. The minimum atomic E-state index is -0.502. The maximum Gasteiger partial charge on any atom is 0.407 e. The first-order valence-corrected chi connectivity index (χ1v) is 6.31. The average Bonchev–Trinajstić information content (AvgIpc) is 2.77. The fraction of sp³-hybridized carbons (Fsp3) is 0.667. The fourth-order valence-corrected chi connectivity index (χ4v) is 1.48. The van der Waals surface area contributed by atoms with Gasteiger partial charge in [0, 0.05) is 17.9 Å². The summed E-state index contributed by atoms with van der Waals surface area (Å²) in [5, 5.41) is 6.10. The van der Waals surface area contributed by atoms with E-state index in [1.54, 1.807) is 0 Å². The van der Waals surface area contributed by atoms with Crippen LogP contribution in [0, 0.1) is 0 Å². The van der Waals surface area contributed by atoms with Gasteiger partial charge in [0.1, 0.15) is 11.4 Å². The van der Waals surface area contributed by atoms with Crippen molar-refractivity contribution in [3.63, 3.8) is 0 Å². The third-order valence-electron chi connectivity index (χ3n) is 2.26. The molecule has 0 aromatic carbocycles. The quantitative estimate of drug-likeness (QED) is 0.373. The lowest BCUT2D eigenvalue weighted by molar-refractivity contribution is 0.0527. The Kier molecular flexibility index (Phi) is 5.86. The summed E-state index contributed by atoms with van der Waals surface area (Å²) >= 11 is 0. The zero-order valence-electron chi connectivity index (χ0n) is 11.9. The Bertz CT molecular complexity index is 486. The number of hydrogen-bond acceptors (Lipinski definition) is 5. The van der Waals surface area contributed by atoms with Crippen molar-refractivity contribution >= 4 is 6.09 Å². The van der Waals surface area contributed by atoms with Crippen LogP contribution in [0.15, 0.2) is 15.9 Å². The van der Waals surface area contributed by atoms with E-state index >= 15 is 0 Å². The number of ether oxygens (including phenoxy) is 1. The minimum Gasteiger partial charge on any atom is -0.448 e. The molecule has 0 aliphatic carbocycles. The van der Waals surface area contributed by atoms with E-state index in [9.17, 15) is 4.79 Å². The second kappa shape index (κ2) is 7.40. The molecule has 1 N–H and O–H groups in total. The number of amides is 1. The molecule has 1 aromatic rings. The smallest absolute Gasteiger partial charge is 0.407 e. The molecule has 1 aromatic heterocycles. The van der Waals surface area contributed by atoms with Crippen molar-refractivity contribution < 1.29 is 13.9 Å². The van der Waals surface area contributed by atoms with Crippen LogP contribution in [0.4, 0.5) is 4.79 Å². The van der Waals surface area contributed by atoms with E-state index in [2.05, 4.69) is 20.3 Å². The number of aryl methyl sites for hydroxylation is 1. The number of aromatic nitrogens is 1. The van der Waals surface area contributed by atoms with E-state index in [4.69, 9.17) is 14.7 Å². The van der Waals surface area contributed by atoms with E-state index in [0.29, 0.717) is 30.8 Å². The first-order chi connectivity index (χ1) is 9.42. The van der Waals surface area contributed by atoms with Crippen LogP contribution in [-0.4, -0.2) is 23.2 Å². The monoisotopic (exact) mass is 281 g/mol. The average molecular weight is 281 g/mol. The standard InChI is InChI=1S/C12H19N5O3/c1-12(2,3)20-11(18)14-6-4-5-10-9(7-16-17-13)15-8-19-10/h8H,4-7H2,1-3H3,(H,14,18). The number of hydrogen-bond donors (Lipinski definition) is 1. The zero-order valence-corrected chi connectivity index (χ0v) is 11.9. The van der Waals surface area contributed by atoms with Gasteiger partial charge in [-0.25, -0.2) is 9.78 Å². The highest BCUT2D eigenvalue weighted by atomic mass is 16.6. The number of carbonyl (C=O) groups is 1. The molecule has 0 saturated carbocycles. The number of rotatable bonds is 6. The molecule has 110 valence electrons. The summed E-state index contributed by atoms with van der Waals surface area (Å²) in [4.78, 5) is 18.1. The predicted octanol–water partition coefficient (Wildman–Crippen LogP) is 2.94. The number of oxazole rings is 1. The molecule has 1 amide bonds. The van der Waals surface area contributed by atoms with Crippen LogP contribution in [0.5, 0.6) is 0 Å². The molecule has 0 fully saturated rings. The molecule has 0 saturated heterocycles. The molecule has 1 heterocycles. The Hall–Kier alpha value is -2.21. The van der Waals surface area contributed by atoms with Gasteiger partial charge in [0.25, 0.3) is 0 Å². The first-order valence-electron chi connectivity index (χ1n) is 6.31. The lowest BCUT2D eigenvalue weighted by atomic mass is 10.2. The highest BCUT2D eigenvalue weighted by molar-refractivity contribution is 5.67. The molecule has 0 radical (unpaired) electrons. The van der Waals surface area contributed by atoms with Crippen LogP contribution < -0.4 is 5.32 Å². The topological polar surface area (TPSA) is 113 Å². The van der Waals surface area contributed by atoms with Crippen molar-refractivity contribution in [2.24, 2.45) is 5.11 Å². The van der Waals surface area contributed by atoms with Gasteiger partial charge >= 0.3 is 6.09 Å². The molecule has 8 nitrogen and oxygen atoms in total. The number of nitrogens with one attached hydrogen (secondary N) is 1. The maximum absolute atomic E-state index is 11.4. The van der Waals surface area contributed by atoms with E-state index < -0.39 is 11.7 Å². The molecule has 0 atom stereocenters. The highest BCUT2D eigenvalue weighted by Crippen LogP contribution is 2.11. The third-order valence-corrected chi connectivity index (χ3v) is 2.26. The highest BCUT2D eigenvalue weighted by Gasteiger charge is 2.15. The van der Waals surface area contributed by atoms with Crippen LogP contribution in [0.2, 0.25) is 0 Å². The summed E-state index contributed by atoms with van der Waals surface area (Å²) in [6, 6.07) is 0. The Balaban J connectivity index is 2.29. The van der Waals surface area contributed by atoms with Gasteiger partial charge in [-0.1, -0.05) is 5.11 Å². The molecule has 0 aliphatic rings. The van der Waals surface area contributed by atoms with Crippen molar-refractivity contribution in [1.82, 2.24) is 10.3 Å².